The summed E-state index contributed by atoms with van der Waals surface area (Å²) in [5.41, 5.74) is 11.0. The van der Waals surface area contributed by atoms with E-state index >= 15 is 0 Å². The predicted octanol–water partition coefficient (Wildman–Crippen LogP) is 3.79. The highest BCUT2D eigenvalue weighted by Crippen LogP contribution is 2.25. The van der Waals surface area contributed by atoms with Crippen molar-refractivity contribution in [2.24, 2.45) is 5.73 Å². The highest BCUT2D eigenvalue weighted by Gasteiger charge is 2.15. The largest absolute Gasteiger partial charge is 0.385 e. The molecule has 1 heterocycles. The van der Waals surface area contributed by atoms with Crippen LogP contribution in [0.1, 0.15) is 30.4 Å². The van der Waals surface area contributed by atoms with Gasteiger partial charge < -0.3 is 16.0 Å². The second-order valence-electron chi connectivity index (χ2n) is 6.26. The monoisotopic (exact) mass is 309 g/mol. The number of rotatable bonds is 7. The third-order valence-corrected chi connectivity index (χ3v) is 4.57. The van der Waals surface area contributed by atoms with E-state index in [9.17, 15) is 0 Å². The molecule has 0 saturated carbocycles. The summed E-state index contributed by atoms with van der Waals surface area (Å²) in [6.07, 6.45) is 4.64. The van der Waals surface area contributed by atoms with E-state index in [1.165, 1.54) is 35.3 Å². The number of hydrogen-bond donors (Lipinski definition) is 2. The Morgan fingerprint density at radius 1 is 0.913 bits per heavy atom. The molecule has 1 aliphatic rings. The second-order valence-corrected chi connectivity index (χ2v) is 6.26. The van der Waals surface area contributed by atoms with Crippen molar-refractivity contribution in [3.05, 3.63) is 59.7 Å². The minimum atomic E-state index is 0.799. The van der Waals surface area contributed by atoms with Gasteiger partial charge in [-0.3, -0.25) is 0 Å². The van der Waals surface area contributed by atoms with Crippen molar-refractivity contribution in [3.8, 4) is 0 Å². The molecule has 0 amide bonds. The van der Waals surface area contributed by atoms with E-state index in [1.807, 2.05) is 0 Å². The molecular weight excluding hydrogens is 282 g/mol. The van der Waals surface area contributed by atoms with E-state index in [4.69, 9.17) is 5.73 Å². The highest BCUT2D eigenvalue weighted by atomic mass is 15.1. The van der Waals surface area contributed by atoms with Gasteiger partial charge in [-0.15, -0.1) is 0 Å². The Balaban J connectivity index is 1.54. The summed E-state index contributed by atoms with van der Waals surface area (Å²) >= 11 is 0. The van der Waals surface area contributed by atoms with Gasteiger partial charge in [0.1, 0.15) is 0 Å². The maximum Gasteiger partial charge on any atom is 0.0432 e. The minimum Gasteiger partial charge on any atom is -0.385 e. The van der Waals surface area contributed by atoms with Gasteiger partial charge in [-0.05, 0) is 61.2 Å². The van der Waals surface area contributed by atoms with Crippen molar-refractivity contribution in [2.45, 2.75) is 32.2 Å². The first-order valence-corrected chi connectivity index (χ1v) is 8.72. The van der Waals surface area contributed by atoms with Crippen LogP contribution in [-0.2, 0) is 13.0 Å². The fourth-order valence-corrected chi connectivity index (χ4v) is 3.19. The summed E-state index contributed by atoms with van der Waals surface area (Å²) in [6, 6.07) is 17.6. The number of nitrogens with zero attached hydrogens (tertiary/aromatic N) is 1. The summed E-state index contributed by atoms with van der Waals surface area (Å²) < 4.78 is 0. The number of unbranched alkanes of at least 4 members (excludes halogenated alkanes) is 2. The number of benzene rings is 2. The van der Waals surface area contributed by atoms with E-state index in [0.29, 0.717) is 0 Å². The summed E-state index contributed by atoms with van der Waals surface area (Å²) in [6.45, 7) is 3.94. The second kappa shape index (κ2) is 8.02. The van der Waals surface area contributed by atoms with Gasteiger partial charge in [0.25, 0.3) is 0 Å². The van der Waals surface area contributed by atoms with Gasteiger partial charge in [0.05, 0.1) is 0 Å². The number of nitrogens with two attached hydrogens (primary N) is 1. The molecule has 1 aliphatic heterocycles. The quantitative estimate of drug-likeness (QED) is 0.765. The van der Waals surface area contributed by atoms with Gasteiger partial charge >= 0.3 is 0 Å². The maximum absolute atomic E-state index is 5.51. The normalized spacial score (nSPS) is 13.7. The first kappa shape index (κ1) is 15.9. The molecule has 0 saturated heterocycles. The molecule has 0 fully saturated rings. The fourth-order valence-electron chi connectivity index (χ4n) is 3.19. The first-order valence-electron chi connectivity index (χ1n) is 8.72. The molecule has 0 bridgehead atoms. The Morgan fingerprint density at radius 2 is 1.70 bits per heavy atom. The van der Waals surface area contributed by atoms with Crippen LogP contribution in [-0.4, -0.2) is 19.6 Å². The van der Waals surface area contributed by atoms with Crippen LogP contribution in [0.3, 0.4) is 0 Å². The van der Waals surface area contributed by atoms with Crippen LogP contribution in [0, 0.1) is 0 Å². The summed E-state index contributed by atoms with van der Waals surface area (Å²) in [4.78, 5) is 2.47. The molecule has 3 heteroatoms. The molecule has 3 nitrogen and oxygen atoms in total. The van der Waals surface area contributed by atoms with Crippen molar-refractivity contribution in [3.63, 3.8) is 0 Å². The van der Waals surface area contributed by atoms with Gasteiger partial charge in [0.2, 0.25) is 0 Å². The van der Waals surface area contributed by atoms with Gasteiger partial charge in [-0.25, -0.2) is 0 Å². The molecule has 2 aromatic rings. The van der Waals surface area contributed by atoms with Crippen LogP contribution in [0.5, 0.6) is 0 Å². The number of nitrogens with one attached hydrogen (secondary N) is 1. The van der Waals surface area contributed by atoms with E-state index in [0.717, 1.165) is 39.0 Å². The zero-order chi connectivity index (χ0) is 15.9. The number of fused-ring (bicyclic) bond motifs is 1. The molecular formula is C20H27N3. The maximum atomic E-state index is 5.51. The van der Waals surface area contributed by atoms with E-state index in [-0.39, 0.29) is 0 Å². The lowest BCUT2D eigenvalue weighted by molar-refractivity contribution is 0.707. The van der Waals surface area contributed by atoms with Crippen LogP contribution in [0.4, 0.5) is 11.4 Å². The zero-order valence-electron chi connectivity index (χ0n) is 13.8. The Bertz CT molecular complexity index is 607. The standard InChI is InChI=1S/C20H27N3/c21-13-4-1-5-14-22-19-8-10-20(11-9-19)23-15-12-17-6-2-3-7-18(17)16-23/h2-3,6-11,22H,1,4-5,12-16,21H2. The fraction of sp³-hybridized carbons (Fsp3) is 0.400. The molecule has 0 unspecified atom stereocenters. The Labute approximate surface area is 139 Å². The van der Waals surface area contributed by atoms with Crippen molar-refractivity contribution in [1.29, 1.82) is 0 Å². The molecule has 122 valence electrons. The van der Waals surface area contributed by atoms with Gasteiger partial charge in [-0.1, -0.05) is 30.7 Å². The molecule has 0 spiro atoms. The lowest BCUT2D eigenvalue weighted by Crippen LogP contribution is -2.30. The van der Waals surface area contributed by atoms with Gasteiger partial charge in [0, 0.05) is 31.0 Å². The van der Waals surface area contributed by atoms with Crippen molar-refractivity contribution >= 4 is 11.4 Å². The molecule has 3 rings (SSSR count). The Kier molecular flexibility index (Phi) is 5.54. The average Bonchev–Trinajstić information content (AvgIpc) is 2.62. The number of hydrogen-bond acceptors (Lipinski definition) is 3. The van der Waals surface area contributed by atoms with E-state index < -0.39 is 0 Å². The van der Waals surface area contributed by atoms with Crippen molar-refractivity contribution in [2.75, 3.05) is 29.9 Å². The molecule has 0 radical (unpaired) electrons. The van der Waals surface area contributed by atoms with Crippen LogP contribution in [0.2, 0.25) is 0 Å². The first-order chi connectivity index (χ1) is 11.4. The molecule has 0 aliphatic carbocycles. The third kappa shape index (κ3) is 4.26. The average molecular weight is 309 g/mol. The lowest BCUT2D eigenvalue weighted by Gasteiger charge is -2.30. The van der Waals surface area contributed by atoms with Gasteiger partial charge in [0.15, 0.2) is 0 Å². The van der Waals surface area contributed by atoms with Crippen LogP contribution in [0.25, 0.3) is 0 Å². The topological polar surface area (TPSA) is 41.3 Å². The molecule has 3 N–H and O–H groups in total. The molecule has 0 aromatic heterocycles. The molecule has 2 aromatic carbocycles. The van der Waals surface area contributed by atoms with Crippen LogP contribution < -0.4 is 16.0 Å². The van der Waals surface area contributed by atoms with Gasteiger partial charge in [-0.2, -0.15) is 0 Å². The smallest absolute Gasteiger partial charge is 0.0432 e. The van der Waals surface area contributed by atoms with Crippen molar-refractivity contribution in [1.82, 2.24) is 0 Å². The molecule has 0 atom stereocenters. The van der Waals surface area contributed by atoms with E-state index in [1.54, 1.807) is 0 Å². The lowest BCUT2D eigenvalue weighted by atomic mass is 9.99. The summed E-state index contributed by atoms with van der Waals surface area (Å²) in [7, 11) is 0. The van der Waals surface area contributed by atoms with E-state index in [2.05, 4.69) is 58.7 Å². The van der Waals surface area contributed by atoms with Crippen LogP contribution >= 0.6 is 0 Å². The van der Waals surface area contributed by atoms with Crippen LogP contribution in [0.15, 0.2) is 48.5 Å². The Hall–Kier alpha value is -2.00. The third-order valence-electron chi connectivity index (χ3n) is 4.57. The minimum absolute atomic E-state index is 0.799. The summed E-state index contributed by atoms with van der Waals surface area (Å²) in [5.74, 6) is 0. The zero-order valence-corrected chi connectivity index (χ0v) is 13.8. The predicted molar refractivity (Wildman–Crippen MR) is 99.0 cm³/mol. The highest BCUT2D eigenvalue weighted by molar-refractivity contribution is 5.56. The van der Waals surface area contributed by atoms with Crippen molar-refractivity contribution < 1.29 is 0 Å². The number of anilines is 2. The SMILES string of the molecule is NCCCCCNc1ccc(N2CCc3ccccc3C2)cc1. The molecule has 23 heavy (non-hydrogen) atoms. The Morgan fingerprint density at radius 3 is 2.48 bits per heavy atom. The summed E-state index contributed by atoms with van der Waals surface area (Å²) in [5, 5.41) is 3.49.